The second-order valence-electron chi connectivity index (χ2n) is 4.63. The normalized spacial score (nSPS) is 11.8. The van der Waals surface area contributed by atoms with Crippen LogP contribution in [0.3, 0.4) is 0 Å². The number of phenols is 1. The number of hydrogen-bond donors (Lipinski definition) is 1. The summed E-state index contributed by atoms with van der Waals surface area (Å²) in [6.07, 6.45) is 0.854. The molecule has 14 heavy (non-hydrogen) atoms. The van der Waals surface area contributed by atoms with Crippen LogP contribution in [0.2, 0.25) is 5.02 Å². The molecule has 0 amide bonds. The summed E-state index contributed by atoms with van der Waals surface area (Å²) in [4.78, 5) is 0. The third kappa shape index (κ3) is 3.18. The standard InChI is InChI=1S/C11H14BrClO/c1-11(2,3)6-7-4-10(14)8(12)5-9(7)13/h4-5,14H,6H2,1-3H3. The highest BCUT2D eigenvalue weighted by Gasteiger charge is 2.15. The molecule has 0 aliphatic heterocycles. The average Bonchev–Trinajstić information content (AvgIpc) is 1.97. The van der Waals surface area contributed by atoms with E-state index in [1.54, 1.807) is 12.1 Å². The molecule has 0 bridgehead atoms. The summed E-state index contributed by atoms with van der Waals surface area (Å²) in [7, 11) is 0. The Hall–Kier alpha value is -0.210. The fourth-order valence-electron chi connectivity index (χ4n) is 1.29. The minimum absolute atomic E-state index is 0.171. The first-order valence-electron chi connectivity index (χ1n) is 4.46. The van der Waals surface area contributed by atoms with Gasteiger partial charge in [-0.2, -0.15) is 0 Å². The average molecular weight is 278 g/mol. The van der Waals surface area contributed by atoms with E-state index in [1.807, 2.05) is 0 Å². The van der Waals surface area contributed by atoms with E-state index >= 15 is 0 Å². The van der Waals surface area contributed by atoms with Gasteiger partial charge in [-0.25, -0.2) is 0 Å². The third-order valence-corrected chi connectivity index (χ3v) is 2.82. The van der Waals surface area contributed by atoms with Gasteiger partial charge < -0.3 is 5.11 Å². The van der Waals surface area contributed by atoms with Crippen LogP contribution < -0.4 is 0 Å². The van der Waals surface area contributed by atoms with Gasteiger partial charge in [-0.05, 0) is 45.5 Å². The Labute approximate surface area is 98.2 Å². The van der Waals surface area contributed by atoms with Gasteiger partial charge in [0.05, 0.1) is 4.47 Å². The third-order valence-electron chi connectivity index (χ3n) is 1.84. The highest BCUT2D eigenvalue weighted by molar-refractivity contribution is 9.10. The van der Waals surface area contributed by atoms with E-state index in [0.29, 0.717) is 9.50 Å². The molecule has 0 spiro atoms. The SMILES string of the molecule is CC(C)(C)Cc1cc(O)c(Br)cc1Cl. The number of benzene rings is 1. The fraction of sp³-hybridized carbons (Fsp3) is 0.455. The molecule has 0 unspecified atom stereocenters. The molecule has 0 heterocycles. The van der Waals surface area contributed by atoms with Crippen LogP contribution in [0.4, 0.5) is 0 Å². The van der Waals surface area contributed by atoms with Crippen molar-refractivity contribution in [3.8, 4) is 5.75 Å². The zero-order valence-corrected chi connectivity index (χ0v) is 10.9. The van der Waals surface area contributed by atoms with E-state index in [4.69, 9.17) is 11.6 Å². The number of hydrogen-bond acceptors (Lipinski definition) is 1. The summed E-state index contributed by atoms with van der Waals surface area (Å²) >= 11 is 9.29. The van der Waals surface area contributed by atoms with Crippen LogP contribution in [0, 0.1) is 5.41 Å². The van der Waals surface area contributed by atoms with Crippen molar-refractivity contribution in [2.24, 2.45) is 5.41 Å². The Bertz CT molecular complexity index is 342. The van der Waals surface area contributed by atoms with Crippen molar-refractivity contribution in [1.82, 2.24) is 0 Å². The molecule has 0 aliphatic carbocycles. The summed E-state index contributed by atoms with van der Waals surface area (Å²) in [6, 6.07) is 3.45. The lowest BCUT2D eigenvalue weighted by atomic mass is 9.88. The molecule has 0 saturated carbocycles. The first-order chi connectivity index (χ1) is 6.29. The van der Waals surface area contributed by atoms with Crippen molar-refractivity contribution in [3.63, 3.8) is 0 Å². The van der Waals surface area contributed by atoms with Gasteiger partial charge in [0.2, 0.25) is 0 Å². The topological polar surface area (TPSA) is 20.2 Å². The molecular formula is C11H14BrClO. The highest BCUT2D eigenvalue weighted by Crippen LogP contribution is 2.33. The van der Waals surface area contributed by atoms with Gasteiger partial charge in [-0.1, -0.05) is 32.4 Å². The van der Waals surface area contributed by atoms with Gasteiger partial charge in [-0.3, -0.25) is 0 Å². The fourth-order valence-corrected chi connectivity index (χ4v) is 1.99. The Kier molecular flexibility index (Phi) is 3.49. The summed E-state index contributed by atoms with van der Waals surface area (Å²) in [5.41, 5.74) is 1.16. The first-order valence-corrected chi connectivity index (χ1v) is 5.63. The summed E-state index contributed by atoms with van der Waals surface area (Å²) in [6.45, 7) is 6.42. The maximum absolute atomic E-state index is 9.52. The van der Waals surface area contributed by atoms with Crippen molar-refractivity contribution in [3.05, 3.63) is 27.2 Å². The predicted octanol–water partition coefficient (Wildman–Crippen LogP) is 4.40. The zero-order valence-electron chi connectivity index (χ0n) is 8.56. The highest BCUT2D eigenvalue weighted by atomic mass is 79.9. The lowest BCUT2D eigenvalue weighted by Crippen LogP contribution is -2.09. The Balaban J connectivity index is 3.04. The molecule has 0 aliphatic rings. The van der Waals surface area contributed by atoms with Crippen molar-refractivity contribution >= 4 is 27.5 Å². The molecule has 1 aromatic rings. The van der Waals surface area contributed by atoms with Crippen molar-refractivity contribution in [2.75, 3.05) is 0 Å². The molecule has 0 saturated heterocycles. The molecule has 1 N–H and O–H groups in total. The van der Waals surface area contributed by atoms with Crippen LogP contribution in [0.25, 0.3) is 0 Å². The monoisotopic (exact) mass is 276 g/mol. The van der Waals surface area contributed by atoms with Crippen LogP contribution >= 0.6 is 27.5 Å². The quantitative estimate of drug-likeness (QED) is 0.807. The van der Waals surface area contributed by atoms with Crippen molar-refractivity contribution in [1.29, 1.82) is 0 Å². The molecule has 1 rings (SSSR count). The second-order valence-corrected chi connectivity index (χ2v) is 5.89. The summed E-state index contributed by atoms with van der Waals surface area (Å²) < 4.78 is 0.639. The van der Waals surface area contributed by atoms with Crippen molar-refractivity contribution in [2.45, 2.75) is 27.2 Å². The Morgan fingerprint density at radius 1 is 1.36 bits per heavy atom. The molecule has 1 nitrogen and oxygen atoms in total. The summed E-state index contributed by atoms with van der Waals surface area (Å²) in [5.74, 6) is 0.244. The predicted molar refractivity (Wildman–Crippen MR) is 64.0 cm³/mol. The van der Waals surface area contributed by atoms with Crippen LogP contribution in [0.1, 0.15) is 26.3 Å². The van der Waals surface area contributed by atoms with E-state index in [2.05, 4.69) is 36.7 Å². The van der Waals surface area contributed by atoms with Crippen LogP contribution in [0.5, 0.6) is 5.75 Å². The van der Waals surface area contributed by atoms with E-state index in [-0.39, 0.29) is 11.2 Å². The van der Waals surface area contributed by atoms with E-state index < -0.39 is 0 Å². The number of aromatic hydroxyl groups is 1. The van der Waals surface area contributed by atoms with E-state index in [0.717, 1.165) is 12.0 Å². The van der Waals surface area contributed by atoms with Gasteiger partial charge in [0, 0.05) is 5.02 Å². The minimum atomic E-state index is 0.171. The van der Waals surface area contributed by atoms with Crippen LogP contribution in [-0.4, -0.2) is 5.11 Å². The van der Waals surface area contributed by atoms with Gasteiger partial charge >= 0.3 is 0 Å². The molecule has 3 heteroatoms. The van der Waals surface area contributed by atoms with Crippen molar-refractivity contribution < 1.29 is 5.11 Å². The van der Waals surface area contributed by atoms with Crippen LogP contribution in [0.15, 0.2) is 16.6 Å². The zero-order chi connectivity index (χ0) is 10.9. The molecule has 78 valence electrons. The smallest absolute Gasteiger partial charge is 0.130 e. The molecule has 0 fully saturated rings. The second kappa shape index (κ2) is 4.11. The lowest BCUT2D eigenvalue weighted by Gasteiger charge is -2.19. The van der Waals surface area contributed by atoms with Gasteiger partial charge in [0.25, 0.3) is 0 Å². The van der Waals surface area contributed by atoms with Gasteiger partial charge in [0.1, 0.15) is 5.75 Å². The lowest BCUT2D eigenvalue weighted by molar-refractivity contribution is 0.409. The van der Waals surface area contributed by atoms with E-state index in [1.165, 1.54) is 0 Å². The maximum Gasteiger partial charge on any atom is 0.130 e. The molecular weight excluding hydrogens is 263 g/mol. The minimum Gasteiger partial charge on any atom is -0.507 e. The van der Waals surface area contributed by atoms with Gasteiger partial charge in [-0.15, -0.1) is 0 Å². The Morgan fingerprint density at radius 2 is 1.93 bits per heavy atom. The molecule has 0 radical (unpaired) electrons. The number of halogens is 2. The molecule has 0 atom stereocenters. The number of phenolic OH excluding ortho intramolecular Hbond substituents is 1. The largest absolute Gasteiger partial charge is 0.507 e. The number of rotatable bonds is 1. The molecule has 1 aromatic carbocycles. The van der Waals surface area contributed by atoms with E-state index in [9.17, 15) is 5.11 Å². The van der Waals surface area contributed by atoms with Crippen LogP contribution in [-0.2, 0) is 6.42 Å². The first kappa shape index (κ1) is 11.9. The Morgan fingerprint density at radius 3 is 2.43 bits per heavy atom. The summed E-state index contributed by atoms with van der Waals surface area (Å²) in [5, 5.41) is 10.2. The van der Waals surface area contributed by atoms with Gasteiger partial charge in [0.15, 0.2) is 0 Å². The molecule has 0 aromatic heterocycles. The maximum atomic E-state index is 9.52.